The van der Waals surface area contributed by atoms with Gasteiger partial charge in [0.1, 0.15) is 5.67 Å². The molecule has 1 saturated carbocycles. The monoisotopic (exact) mass is 161 g/mol. The Labute approximate surface area is 64.7 Å². The molecular formula is C7H12FNO2. The van der Waals surface area contributed by atoms with Crippen LogP contribution in [0.1, 0.15) is 19.3 Å². The van der Waals surface area contributed by atoms with E-state index in [4.69, 9.17) is 5.73 Å². The number of ether oxygens (including phenoxy) is 1. The Morgan fingerprint density at radius 3 is 2.82 bits per heavy atom. The fourth-order valence-corrected chi connectivity index (χ4v) is 1.01. The Balaban J connectivity index is 2.18. The first kappa shape index (κ1) is 8.46. The Morgan fingerprint density at radius 1 is 1.91 bits per heavy atom. The molecule has 0 aromatic rings. The van der Waals surface area contributed by atoms with Crippen LogP contribution in [0.3, 0.4) is 0 Å². The maximum atomic E-state index is 13.1. The third-order valence-corrected chi connectivity index (χ3v) is 2.04. The average Bonchev–Trinajstić information content (AvgIpc) is 2.56. The Morgan fingerprint density at radius 2 is 2.45 bits per heavy atom. The summed E-state index contributed by atoms with van der Waals surface area (Å²) in [4.78, 5) is 10.6. The second-order valence-corrected chi connectivity index (χ2v) is 2.92. The van der Waals surface area contributed by atoms with Gasteiger partial charge in [-0.25, -0.2) is 4.39 Å². The first-order valence-electron chi connectivity index (χ1n) is 3.60. The van der Waals surface area contributed by atoms with Gasteiger partial charge in [0.05, 0.1) is 7.11 Å². The van der Waals surface area contributed by atoms with Crippen LogP contribution in [0.25, 0.3) is 0 Å². The van der Waals surface area contributed by atoms with Gasteiger partial charge in [-0.05, 0) is 6.42 Å². The van der Waals surface area contributed by atoms with Gasteiger partial charge in [0.2, 0.25) is 0 Å². The topological polar surface area (TPSA) is 52.3 Å². The van der Waals surface area contributed by atoms with E-state index in [0.29, 0.717) is 6.42 Å². The fourth-order valence-electron chi connectivity index (χ4n) is 1.01. The Hall–Kier alpha value is -0.640. The van der Waals surface area contributed by atoms with Crippen molar-refractivity contribution in [2.45, 2.75) is 31.0 Å². The predicted molar refractivity (Wildman–Crippen MR) is 37.7 cm³/mol. The van der Waals surface area contributed by atoms with Crippen molar-refractivity contribution in [3.05, 3.63) is 0 Å². The second-order valence-electron chi connectivity index (χ2n) is 2.92. The highest BCUT2D eigenvalue weighted by Gasteiger charge is 2.52. The number of esters is 1. The van der Waals surface area contributed by atoms with E-state index in [1.165, 1.54) is 7.11 Å². The fraction of sp³-hybridized carbons (Fsp3) is 0.857. The van der Waals surface area contributed by atoms with Crippen LogP contribution in [-0.2, 0) is 9.53 Å². The highest BCUT2D eigenvalue weighted by molar-refractivity contribution is 5.69. The van der Waals surface area contributed by atoms with E-state index in [1.807, 2.05) is 0 Å². The maximum absolute atomic E-state index is 13.1. The zero-order valence-electron chi connectivity index (χ0n) is 6.47. The normalized spacial score (nSPS) is 35.0. The molecule has 0 aliphatic heterocycles. The van der Waals surface area contributed by atoms with Gasteiger partial charge >= 0.3 is 5.97 Å². The third-order valence-electron chi connectivity index (χ3n) is 2.04. The lowest BCUT2D eigenvalue weighted by Gasteiger charge is -2.03. The molecule has 11 heavy (non-hydrogen) atoms. The minimum absolute atomic E-state index is 0.126. The number of halogens is 1. The summed E-state index contributed by atoms with van der Waals surface area (Å²) < 4.78 is 17.4. The van der Waals surface area contributed by atoms with Crippen molar-refractivity contribution >= 4 is 5.97 Å². The second kappa shape index (κ2) is 2.77. The summed E-state index contributed by atoms with van der Waals surface area (Å²) in [7, 11) is 1.29. The van der Waals surface area contributed by atoms with E-state index in [2.05, 4.69) is 4.74 Å². The molecule has 0 aromatic heterocycles. The van der Waals surface area contributed by atoms with Crippen molar-refractivity contribution in [3.8, 4) is 0 Å². The van der Waals surface area contributed by atoms with Crippen LogP contribution in [0.15, 0.2) is 0 Å². The zero-order chi connectivity index (χ0) is 8.48. The lowest BCUT2D eigenvalue weighted by atomic mass is 10.2. The van der Waals surface area contributed by atoms with Crippen LogP contribution in [0.5, 0.6) is 0 Å². The van der Waals surface area contributed by atoms with Crippen LogP contribution in [0.2, 0.25) is 0 Å². The molecule has 0 aromatic carbocycles. The van der Waals surface area contributed by atoms with Gasteiger partial charge in [-0.15, -0.1) is 0 Å². The summed E-state index contributed by atoms with van der Waals surface area (Å²) in [5.41, 5.74) is 4.02. The molecular weight excluding hydrogens is 149 g/mol. The molecule has 0 unspecified atom stereocenters. The van der Waals surface area contributed by atoms with Crippen molar-refractivity contribution < 1.29 is 13.9 Å². The molecule has 0 heterocycles. The van der Waals surface area contributed by atoms with E-state index in [1.54, 1.807) is 0 Å². The van der Waals surface area contributed by atoms with Crippen molar-refractivity contribution in [1.82, 2.24) is 0 Å². The number of carbonyl (C=O) groups is 1. The number of rotatable bonds is 3. The van der Waals surface area contributed by atoms with Crippen LogP contribution < -0.4 is 5.73 Å². The summed E-state index contributed by atoms with van der Waals surface area (Å²) in [6.07, 6.45) is 0.700. The number of hydrogen-bond acceptors (Lipinski definition) is 3. The molecule has 1 aliphatic carbocycles. The van der Waals surface area contributed by atoms with Crippen LogP contribution in [0, 0.1) is 0 Å². The van der Waals surface area contributed by atoms with E-state index < -0.39 is 5.67 Å². The van der Waals surface area contributed by atoms with E-state index in [-0.39, 0.29) is 24.9 Å². The summed E-state index contributed by atoms with van der Waals surface area (Å²) >= 11 is 0. The molecule has 1 rings (SSSR count). The molecule has 0 saturated heterocycles. The van der Waals surface area contributed by atoms with Crippen molar-refractivity contribution in [1.29, 1.82) is 0 Å². The van der Waals surface area contributed by atoms with Gasteiger partial charge in [0.15, 0.2) is 0 Å². The van der Waals surface area contributed by atoms with Crippen LogP contribution in [0.4, 0.5) is 4.39 Å². The zero-order valence-corrected chi connectivity index (χ0v) is 6.47. The molecule has 64 valence electrons. The SMILES string of the molecule is COC(=O)CC[C@]1(F)C[C@@H]1N. The summed E-state index contributed by atoms with van der Waals surface area (Å²) in [5, 5.41) is 0. The minimum Gasteiger partial charge on any atom is -0.469 e. The molecule has 1 aliphatic rings. The van der Waals surface area contributed by atoms with Crippen LogP contribution in [-0.4, -0.2) is 24.8 Å². The molecule has 1 fully saturated rings. The lowest BCUT2D eigenvalue weighted by molar-refractivity contribution is -0.141. The van der Waals surface area contributed by atoms with Gasteiger partial charge in [0, 0.05) is 18.9 Å². The largest absolute Gasteiger partial charge is 0.469 e. The standard InChI is InChI=1S/C7H12FNO2/c1-11-6(10)2-3-7(8)4-5(7)9/h5H,2-4,9H2,1H3/t5-,7-/m0/s1. The third kappa shape index (κ3) is 1.89. The molecule has 3 nitrogen and oxygen atoms in total. The number of nitrogens with two attached hydrogens (primary N) is 1. The van der Waals surface area contributed by atoms with Crippen molar-refractivity contribution in [2.24, 2.45) is 5.73 Å². The molecule has 0 amide bonds. The summed E-state index contributed by atoms with van der Waals surface area (Å²) in [6.45, 7) is 0. The highest BCUT2D eigenvalue weighted by Crippen LogP contribution is 2.42. The minimum atomic E-state index is -1.28. The Kier molecular flexibility index (Phi) is 2.13. The van der Waals surface area contributed by atoms with E-state index in [9.17, 15) is 9.18 Å². The number of methoxy groups -OCH3 is 1. The molecule has 2 atom stereocenters. The first-order chi connectivity index (χ1) is 5.08. The number of hydrogen-bond donors (Lipinski definition) is 1. The predicted octanol–water partition coefficient (Wildman–Crippen LogP) is 0.379. The summed E-state index contributed by atoms with van der Waals surface area (Å²) in [6, 6.07) is -0.368. The highest BCUT2D eigenvalue weighted by atomic mass is 19.1. The lowest BCUT2D eigenvalue weighted by Crippen LogP contribution is -2.16. The summed E-state index contributed by atoms with van der Waals surface area (Å²) in [5.74, 6) is -0.374. The molecule has 0 radical (unpaired) electrons. The average molecular weight is 161 g/mol. The molecule has 2 N–H and O–H groups in total. The van der Waals surface area contributed by atoms with Crippen LogP contribution >= 0.6 is 0 Å². The van der Waals surface area contributed by atoms with Gasteiger partial charge in [0.25, 0.3) is 0 Å². The molecule has 0 bridgehead atoms. The van der Waals surface area contributed by atoms with Gasteiger partial charge in [-0.2, -0.15) is 0 Å². The van der Waals surface area contributed by atoms with E-state index >= 15 is 0 Å². The number of alkyl halides is 1. The first-order valence-corrected chi connectivity index (χ1v) is 3.60. The Bertz CT molecular complexity index is 174. The maximum Gasteiger partial charge on any atom is 0.305 e. The molecule has 4 heteroatoms. The van der Waals surface area contributed by atoms with Crippen molar-refractivity contribution in [3.63, 3.8) is 0 Å². The van der Waals surface area contributed by atoms with Crippen molar-refractivity contribution in [2.75, 3.05) is 7.11 Å². The van der Waals surface area contributed by atoms with E-state index in [0.717, 1.165) is 0 Å². The van der Waals surface area contributed by atoms with Gasteiger partial charge < -0.3 is 10.5 Å². The quantitative estimate of drug-likeness (QED) is 0.609. The smallest absolute Gasteiger partial charge is 0.305 e. The number of carbonyl (C=O) groups excluding carboxylic acids is 1. The van der Waals surface area contributed by atoms with Gasteiger partial charge in [-0.3, -0.25) is 4.79 Å². The molecule has 0 spiro atoms. The van der Waals surface area contributed by atoms with Gasteiger partial charge in [-0.1, -0.05) is 0 Å².